The highest BCUT2D eigenvalue weighted by Crippen LogP contribution is 2.22. The zero-order valence-electron chi connectivity index (χ0n) is 11.5. The number of non-ortho nitro benzene ring substituents is 1. The zero-order chi connectivity index (χ0) is 14.6. The smallest absolute Gasteiger partial charge is 0.269 e. The largest absolute Gasteiger partial charge is 0.314 e. The Morgan fingerprint density at radius 1 is 1.40 bits per heavy atom. The van der Waals surface area contributed by atoms with Crippen LogP contribution in [0.3, 0.4) is 0 Å². The van der Waals surface area contributed by atoms with Crippen molar-refractivity contribution in [1.82, 2.24) is 10.2 Å². The highest BCUT2D eigenvalue weighted by atomic mass is 16.6. The van der Waals surface area contributed by atoms with Gasteiger partial charge >= 0.3 is 0 Å². The van der Waals surface area contributed by atoms with E-state index in [4.69, 9.17) is 0 Å². The molecule has 2 rings (SSSR count). The van der Waals surface area contributed by atoms with Gasteiger partial charge in [0.2, 0.25) is 0 Å². The van der Waals surface area contributed by atoms with Gasteiger partial charge in [-0.25, -0.2) is 0 Å². The van der Waals surface area contributed by atoms with Crippen molar-refractivity contribution in [1.29, 1.82) is 5.26 Å². The van der Waals surface area contributed by atoms with Crippen LogP contribution in [0.15, 0.2) is 24.3 Å². The molecule has 6 nitrogen and oxygen atoms in total. The van der Waals surface area contributed by atoms with Gasteiger partial charge in [0.25, 0.3) is 5.69 Å². The van der Waals surface area contributed by atoms with Crippen LogP contribution in [-0.4, -0.2) is 41.5 Å². The number of benzene rings is 1. The highest BCUT2D eigenvalue weighted by Gasteiger charge is 2.32. The molecule has 6 heteroatoms. The van der Waals surface area contributed by atoms with Crippen molar-refractivity contribution in [2.45, 2.75) is 18.9 Å². The molecule has 20 heavy (non-hydrogen) atoms. The molecule has 1 unspecified atom stereocenters. The van der Waals surface area contributed by atoms with E-state index in [1.165, 1.54) is 12.1 Å². The van der Waals surface area contributed by atoms with Crippen LogP contribution in [0, 0.1) is 21.4 Å². The van der Waals surface area contributed by atoms with Gasteiger partial charge in [0, 0.05) is 44.7 Å². The van der Waals surface area contributed by atoms with Gasteiger partial charge in [0.05, 0.1) is 11.0 Å². The molecule has 0 spiro atoms. The Labute approximate surface area is 118 Å². The van der Waals surface area contributed by atoms with Gasteiger partial charge in [-0.3, -0.25) is 15.0 Å². The first kappa shape index (κ1) is 14.4. The fraction of sp³-hybridized carbons (Fsp3) is 0.500. The van der Waals surface area contributed by atoms with Gasteiger partial charge in [-0.15, -0.1) is 0 Å². The molecule has 0 radical (unpaired) electrons. The number of nitrogens with zero attached hydrogens (tertiary/aromatic N) is 3. The Morgan fingerprint density at radius 3 is 2.50 bits per heavy atom. The van der Waals surface area contributed by atoms with Crippen molar-refractivity contribution in [2.24, 2.45) is 0 Å². The number of nitro benzene ring substituents is 1. The molecule has 1 aromatic rings. The van der Waals surface area contributed by atoms with E-state index in [0.29, 0.717) is 6.42 Å². The minimum Gasteiger partial charge on any atom is -0.314 e. The number of hydrogen-bond acceptors (Lipinski definition) is 5. The van der Waals surface area contributed by atoms with Crippen LogP contribution in [0.2, 0.25) is 0 Å². The quantitative estimate of drug-likeness (QED) is 0.661. The van der Waals surface area contributed by atoms with Gasteiger partial charge in [-0.05, 0) is 12.5 Å². The summed E-state index contributed by atoms with van der Waals surface area (Å²) in [4.78, 5) is 12.4. The third kappa shape index (κ3) is 3.13. The first-order valence-electron chi connectivity index (χ1n) is 6.65. The molecule has 106 valence electrons. The van der Waals surface area contributed by atoms with Crippen LogP contribution in [0.1, 0.15) is 12.5 Å². The van der Waals surface area contributed by atoms with Crippen LogP contribution >= 0.6 is 0 Å². The third-order valence-electron chi connectivity index (χ3n) is 3.75. The lowest BCUT2D eigenvalue weighted by Gasteiger charge is -2.38. The van der Waals surface area contributed by atoms with Gasteiger partial charge in [-0.1, -0.05) is 12.1 Å². The van der Waals surface area contributed by atoms with Crippen LogP contribution in [0.25, 0.3) is 0 Å². The fourth-order valence-corrected chi connectivity index (χ4v) is 2.51. The maximum atomic E-state index is 10.6. The third-order valence-corrected chi connectivity index (χ3v) is 3.75. The molecular formula is C14H18N4O2. The molecule has 1 aliphatic rings. The van der Waals surface area contributed by atoms with Gasteiger partial charge in [0.15, 0.2) is 0 Å². The van der Waals surface area contributed by atoms with E-state index in [1.54, 1.807) is 12.1 Å². The lowest BCUT2D eigenvalue weighted by molar-refractivity contribution is -0.384. The van der Waals surface area contributed by atoms with Crippen molar-refractivity contribution < 1.29 is 4.92 Å². The SMILES string of the molecule is CC(C#N)(Cc1ccc([N+](=O)[O-])cc1)N1CCNCC1. The summed E-state index contributed by atoms with van der Waals surface area (Å²) in [7, 11) is 0. The average Bonchev–Trinajstić information content (AvgIpc) is 2.48. The average molecular weight is 274 g/mol. The summed E-state index contributed by atoms with van der Waals surface area (Å²) < 4.78 is 0. The first-order chi connectivity index (χ1) is 9.55. The summed E-state index contributed by atoms with van der Waals surface area (Å²) in [5, 5.41) is 23.4. The second-order valence-electron chi connectivity index (χ2n) is 5.22. The predicted octanol–water partition coefficient (Wildman–Crippen LogP) is 1.32. The lowest BCUT2D eigenvalue weighted by atomic mass is 9.91. The maximum absolute atomic E-state index is 10.6. The topological polar surface area (TPSA) is 82.2 Å². The molecule has 1 heterocycles. The Kier molecular flexibility index (Phi) is 4.32. The summed E-state index contributed by atoms with van der Waals surface area (Å²) in [6, 6.07) is 8.84. The summed E-state index contributed by atoms with van der Waals surface area (Å²) in [6.07, 6.45) is 0.571. The molecule has 1 atom stereocenters. The Hall–Kier alpha value is -1.97. The fourth-order valence-electron chi connectivity index (χ4n) is 2.51. The number of piperazine rings is 1. The normalized spacial score (nSPS) is 19.0. The second kappa shape index (κ2) is 5.99. The minimum absolute atomic E-state index is 0.0783. The lowest BCUT2D eigenvalue weighted by Crippen LogP contribution is -2.55. The standard InChI is InChI=1S/C14H18N4O2/c1-14(11-15,17-8-6-16-7-9-17)10-12-2-4-13(5-3-12)18(19)20/h2-5,16H,6-10H2,1H3. The molecule has 0 saturated carbocycles. The molecule has 0 bridgehead atoms. The summed E-state index contributed by atoms with van der Waals surface area (Å²) >= 11 is 0. The van der Waals surface area contributed by atoms with Crippen LogP contribution < -0.4 is 5.32 Å². The number of rotatable bonds is 4. The Morgan fingerprint density at radius 2 is 2.00 bits per heavy atom. The van der Waals surface area contributed by atoms with Crippen molar-refractivity contribution >= 4 is 5.69 Å². The Bertz CT molecular complexity index is 517. The van der Waals surface area contributed by atoms with E-state index >= 15 is 0 Å². The van der Waals surface area contributed by atoms with E-state index in [-0.39, 0.29) is 5.69 Å². The predicted molar refractivity (Wildman–Crippen MR) is 75.3 cm³/mol. The van der Waals surface area contributed by atoms with Gasteiger partial charge in [0.1, 0.15) is 5.54 Å². The molecule has 0 aliphatic carbocycles. The zero-order valence-corrected chi connectivity index (χ0v) is 11.5. The second-order valence-corrected chi connectivity index (χ2v) is 5.22. The maximum Gasteiger partial charge on any atom is 0.269 e. The monoisotopic (exact) mass is 274 g/mol. The summed E-state index contributed by atoms with van der Waals surface area (Å²) in [5.41, 5.74) is 0.450. The summed E-state index contributed by atoms with van der Waals surface area (Å²) in [6.45, 7) is 5.39. The van der Waals surface area contributed by atoms with E-state index in [1.807, 2.05) is 6.92 Å². The molecule has 1 aromatic carbocycles. The molecular weight excluding hydrogens is 256 g/mol. The molecule has 1 saturated heterocycles. The van der Waals surface area contributed by atoms with Crippen LogP contribution in [0.4, 0.5) is 5.69 Å². The number of nitriles is 1. The minimum atomic E-state index is -0.571. The molecule has 1 N–H and O–H groups in total. The Balaban J connectivity index is 2.12. The van der Waals surface area contributed by atoms with E-state index < -0.39 is 10.5 Å². The van der Waals surface area contributed by atoms with Crippen LogP contribution in [0.5, 0.6) is 0 Å². The van der Waals surface area contributed by atoms with Crippen molar-refractivity contribution in [3.63, 3.8) is 0 Å². The molecule has 0 aromatic heterocycles. The van der Waals surface area contributed by atoms with E-state index in [2.05, 4.69) is 16.3 Å². The van der Waals surface area contributed by atoms with Crippen LogP contribution in [-0.2, 0) is 6.42 Å². The number of hydrogen-bond donors (Lipinski definition) is 1. The first-order valence-corrected chi connectivity index (χ1v) is 6.65. The molecule has 1 fully saturated rings. The molecule has 1 aliphatic heterocycles. The van der Waals surface area contributed by atoms with E-state index in [0.717, 1.165) is 31.7 Å². The highest BCUT2D eigenvalue weighted by molar-refractivity contribution is 5.34. The van der Waals surface area contributed by atoms with Crippen molar-refractivity contribution in [3.05, 3.63) is 39.9 Å². The summed E-state index contributed by atoms with van der Waals surface area (Å²) in [5.74, 6) is 0. The molecule has 0 amide bonds. The van der Waals surface area contributed by atoms with Gasteiger partial charge in [-0.2, -0.15) is 5.26 Å². The van der Waals surface area contributed by atoms with E-state index in [9.17, 15) is 15.4 Å². The van der Waals surface area contributed by atoms with Crippen molar-refractivity contribution in [3.8, 4) is 6.07 Å². The number of nitro groups is 1. The van der Waals surface area contributed by atoms with Crippen molar-refractivity contribution in [2.75, 3.05) is 26.2 Å². The van der Waals surface area contributed by atoms with Gasteiger partial charge < -0.3 is 5.32 Å². The number of nitrogens with one attached hydrogen (secondary N) is 1.